The van der Waals surface area contributed by atoms with Gasteiger partial charge in [0.05, 0.1) is 13.2 Å². The number of benzene rings is 1. The van der Waals surface area contributed by atoms with Gasteiger partial charge in [-0.25, -0.2) is 4.79 Å². The fourth-order valence-electron chi connectivity index (χ4n) is 2.07. The molecule has 1 atom stereocenters. The summed E-state index contributed by atoms with van der Waals surface area (Å²) in [6, 6.07) is 7.03. The van der Waals surface area contributed by atoms with Gasteiger partial charge in [0.25, 0.3) is 0 Å². The number of carbonyl (C=O) groups is 1. The molecule has 1 heterocycles. The lowest BCUT2D eigenvalue weighted by atomic mass is 10.2. The largest absolute Gasteiger partial charge is 0.497 e. The maximum atomic E-state index is 11.6. The summed E-state index contributed by atoms with van der Waals surface area (Å²) in [5.74, 6) is 0.768. The van der Waals surface area contributed by atoms with Crippen LogP contribution in [0.3, 0.4) is 0 Å². The molecule has 1 fully saturated rings. The van der Waals surface area contributed by atoms with Crippen molar-refractivity contribution in [3.05, 3.63) is 24.3 Å². The smallest absolute Gasteiger partial charge is 0.319 e. The fourth-order valence-corrected chi connectivity index (χ4v) is 2.07. The molecular formula is C14H20N2O3. The van der Waals surface area contributed by atoms with Crippen molar-refractivity contribution < 1.29 is 14.3 Å². The summed E-state index contributed by atoms with van der Waals surface area (Å²) in [6.45, 7) is 1.48. The SMILES string of the molecule is COc1ccc(NC(=O)NCC[C@@H]2CCCO2)cc1. The van der Waals surface area contributed by atoms with Gasteiger partial charge in [-0.05, 0) is 43.5 Å². The molecule has 19 heavy (non-hydrogen) atoms. The zero-order valence-electron chi connectivity index (χ0n) is 11.1. The highest BCUT2D eigenvalue weighted by atomic mass is 16.5. The standard InChI is InChI=1S/C14H20N2O3/c1-18-12-6-4-11(5-7-12)16-14(17)15-9-8-13-3-2-10-19-13/h4-7,13H,2-3,8-10H2,1H3,(H2,15,16,17)/t13-/m0/s1. The highest BCUT2D eigenvalue weighted by Gasteiger charge is 2.15. The summed E-state index contributed by atoms with van der Waals surface area (Å²) in [7, 11) is 1.61. The van der Waals surface area contributed by atoms with Crippen LogP contribution in [0.15, 0.2) is 24.3 Å². The van der Waals surface area contributed by atoms with Gasteiger partial charge in [-0.1, -0.05) is 0 Å². The van der Waals surface area contributed by atoms with Crippen LogP contribution >= 0.6 is 0 Å². The van der Waals surface area contributed by atoms with E-state index in [4.69, 9.17) is 9.47 Å². The van der Waals surface area contributed by atoms with Gasteiger partial charge in [-0.3, -0.25) is 0 Å². The molecule has 2 rings (SSSR count). The Bertz CT molecular complexity index is 400. The van der Waals surface area contributed by atoms with Gasteiger partial charge < -0.3 is 20.1 Å². The Kier molecular flexibility index (Phi) is 5.03. The maximum Gasteiger partial charge on any atom is 0.319 e. The minimum atomic E-state index is -0.192. The Morgan fingerprint density at radius 1 is 1.42 bits per heavy atom. The lowest BCUT2D eigenvalue weighted by molar-refractivity contribution is 0.105. The molecule has 2 N–H and O–H groups in total. The quantitative estimate of drug-likeness (QED) is 0.858. The van der Waals surface area contributed by atoms with E-state index >= 15 is 0 Å². The van der Waals surface area contributed by atoms with E-state index in [0.29, 0.717) is 12.6 Å². The first-order valence-electron chi connectivity index (χ1n) is 6.58. The molecule has 0 aromatic heterocycles. The van der Waals surface area contributed by atoms with Crippen molar-refractivity contribution in [3.8, 4) is 5.75 Å². The van der Waals surface area contributed by atoms with Crippen molar-refractivity contribution in [3.63, 3.8) is 0 Å². The highest BCUT2D eigenvalue weighted by molar-refractivity contribution is 5.89. The van der Waals surface area contributed by atoms with Crippen LogP contribution in [0.1, 0.15) is 19.3 Å². The van der Waals surface area contributed by atoms with Crippen molar-refractivity contribution in [1.82, 2.24) is 5.32 Å². The molecule has 1 saturated heterocycles. The average molecular weight is 264 g/mol. The van der Waals surface area contributed by atoms with E-state index in [1.54, 1.807) is 19.2 Å². The maximum absolute atomic E-state index is 11.6. The Labute approximate surface area is 113 Å². The summed E-state index contributed by atoms with van der Waals surface area (Å²) in [5, 5.41) is 5.60. The highest BCUT2D eigenvalue weighted by Crippen LogP contribution is 2.15. The average Bonchev–Trinajstić information content (AvgIpc) is 2.93. The summed E-state index contributed by atoms with van der Waals surface area (Å²) in [5.41, 5.74) is 0.746. The van der Waals surface area contributed by atoms with Gasteiger partial charge >= 0.3 is 6.03 Å². The molecule has 2 amide bonds. The van der Waals surface area contributed by atoms with Crippen molar-refractivity contribution in [1.29, 1.82) is 0 Å². The van der Waals surface area contributed by atoms with Crippen LogP contribution in [0, 0.1) is 0 Å². The number of urea groups is 1. The number of methoxy groups -OCH3 is 1. The summed E-state index contributed by atoms with van der Waals surface area (Å²) >= 11 is 0. The summed E-state index contributed by atoms with van der Waals surface area (Å²) in [6.07, 6.45) is 3.40. The molecule has 5 heteroatoms. The third kappa shape index (κ3) is 4.44. The predicted octanol–water partition coefficient (Wildman–Crippen LogP) is 2.39. The lowest BCUT2D eigenvalue weighted by Gasteiger charge is -2.11. The Hall–Kier alpha value is -1.75. The van der Waals surface area contributed by atoms with E-state index in [1.807, 2.05) is 12.1 Å². The normalized spacial score (nSPS) is 18.1. The van der Waals surface area contributed by atoms with E-state index in [-0.39, 0.29) is 6.03 Å². The van der Waals surface area contributed by atoms with E-state index in [2.05, 4.69) is 10.6 Å². The lowest BCUT2D eigenvalue weighted by Crippen LogP contribution is -2.31. The molecule has 1 aromatic carbocycles. The van der Waals surface area contributed by atoms with Gasteiger partial charge in [0.1, 0.15) is 5.75 Å². The number of amides is 2. The molecule has 0 spiro atoms. The molecule has 5 nitrogen and oxygen atoms in total. The second kappa shape index (κ2) is 6.99. The van der Waals surface area contributed by atoms with Crippen LogP contribution < -0.4 is 15.4 Å². The predicted molar refractivity (Wildman–Crippen MR) is 73.6 cm³/mol. The first kappa shape index (κ1) is 13.7. The molecule has 104 valence electrons. The van der Waals surface area contributed by atoms with Gasteiger partial charge in [-0.2, -0.15) is 0 Å². The zero-order chi connectivity index (χ0) is 13.5. The third-order valence-corrected chi connectivity index (χ3v) is 3.12. The van der Waals surface area contributed by atoms with Gasteiger partial charge in [0, 0.05) is 18.8 Å². The van der Waals surface area contributed by atoms with Crippen LogP contribution in [-0.2, 0) is 4.74 Å². The van der Waals surface area contributed by atoms with Crippen LogP contribution in [0.5, 0.6) is 5.75 Å². The summed E-state index contributed by atoms with van der Waals surface area (Å²) < 4.78 is 10.5. The Balaban J connectivity index is 1.68. The van der Waals surface area contributed by atoms with Crippen molar-refractivity contribution >= 4 is 11.7 Å². The number of hydrogen-bond donors (Lipinski definition) is 2. The monoisotopic (exact) mass is 264 g/mol. The van der Waals surface area contributed by atoms with Crippen LogP contribution in [0.4, 0.5) is 10.5 Å². The van der Waals surface area contributed by atoms with Gasteiger partial charge in [-0.15, -0.1) is 0 Å². The molecule has 0 unspecified atom stereocenters. The second-order valence-electron chi connectivity index (χ2n) is 4.53. The van der Waals surface area contributed by atoms with Crippen LogP contribution in [0.25, 0.3) is 0 Å². The van der Waals surface area contributed by atoms with Crippen molar-refractivity contribution in [2.24, 2.45) is 0 Å². The molecule has 0 saturated carbocycles. The van der Waals surface area contributed by atoms with Crippen molar-refractivity contribution in [2.75, 3.05) is 25.6 Å². The molecule has 0 aliphatic carbocycles. The molecule has 1 aliphatic heterocycles. The molecule has 0 radical (unpaired) electrons. The van der Waals surface area contributed by atoms with Gasteiger partial charge in [0.15, 0.2) is 0 Å². The molecular weight excluding hydrogens is 244 g/mol. The van der Waals surface area contributed by atoms with Crippen molar-refractivity contribution in [2.45, 2.75) is 25.4 Å². The fraction of sp³-hybridized carbons (Fsp3) is 0.500. The van der Waals surface area contributed by atoms with Gasteiger partial charge in [0.2, 0.25) is 0 Å². The molecule has 1 aliphatic rings. The minimum absolute atomic E-state index is 0.192. The molecule has 0 bridgehead atoms. The van der Waals surface area contributed by atoms with E-state index < -0.39 is 0 Å². The number of hydrogen-bond acceptors (Lipinski definition) is 3. The number of ether oxygens (including phenoxy) is 2. The Morgan fingerprint density at radius 2 is 2.21 bits per heavy atom. The summed E-state index contributed by atoms with van der Waals surface area (Å²) in [4.78, 5) is 11.6. The number of anilines is 1. The number of carbonyl (C=O) groups excluding carboxylic acids is 1. The minimum Gasteiger partial charge on any atom is -0.497 e. The number of rotatable bonds is 5. The van der Waals surface area contributed by atoms with Crippen LogP contribution in [-0.4, -0.2) is 32.4 Å². The van der Waals surface area contributed by atoms with E-state index in [1.165, 1.54) is 0 Å². The first-order valence-corrected chi connectivity index (χ1v) is 6.58. The van der Waals surface area contributed by atoms with Crippen LogP contribution in [0.2, 0.25) is 0 Å². The Morgan fingerprint density at radius 3 is 2.84 bits per heavy atom. The first-order chi connectivity index (χ1) is 9.28. The van der Waals surface area contributed by atoms with E-state index in [9.17, 15) is 4.79 Å². The topological polar surface area (TPSA) is 59.6 Å². The molecule has 1 aromatic rings. The van der Waals surface area contributed by atoms with E-state index in [0.717, 1.165) is 37.3 Å². The zero-order valence-corrected chi connectivity index (χ0v) is 11.1. The number of nitrogens with one attached hydrogen (secondary N) is 2. The third-order valence-electron chi connectivity index (χ3n) is 3.12. The second-order valence-corrected chi connectivity index (χ2v) is 4.53.